The Morgan fingerprint density at radius 2 is 2.21 bits per heavy atom. The number of nitrogens with two attached hydrogens (primary N) is 1. The fourth-order valence-corrected chi connectivity index (χ4v) is 3.56. The molecule has 1 fully saturated rings. The number of anilines is 4. The van der Waals surface area contributed by atoms with Crippen molar-refractivity contribution in [2.45, 2.75) is 32.3 Å². The molecule has 0 bridgehead atoms. The lowest BCUT2D eigenvalue weighted by atomic mass is 9.95. The van der Waals surface area contributed by atoms with Gasteiger partial charge in [-0.05, 0) is 37.1 Å². The summed E-state index contributed by atoms with van der Waals surface area (Å²) in [5.74, 6) is 1.51. The summed E-state index contributed by atoms with van der Waals surface area (Å²) in [7, 11) is 0. The summed E-state index contributed by atoms with van der Waals surface area (Å²) in [5.41, 5.74) is 9.21. The number of nitrogen functional groups attached to an aromatic ring is 1. The normalized spacial score (nSPS) is 19.6. The molecule has 3 aromatic rings. The molecule has 0 unspecified atom stereocenters. The number of aliphatic hydroxyl groups is 1. The van der Waals surface area contributed by atoms with Crippen LogP contribution in [0.2, 0.25) is 0 Å². The number of hydrogen-bond acceptors (Lipinski definition) is 8. The van der Waals surface area contributed by atoms with Gasteiger partial charge in [-0.2, -0.15) is 19.6 Å². The molecular formula is C20H28N8O. The van der Waals surface area contributed by atoms with Gasteiger partial charge in [-0.15, -0.1) is 0 Å². The quantitative estimate of drug-likeness (QED) is 0.400. The van der Waals surface area contributed by atoms with Crippen LogP contribution >= 0.6 is 0 Å². The zero-order chi connectivity index (χ0) is 20.4. The van der Waals surface area contributed by atoms with Crippen LogP contribution in [0.5, 0.6) is 0 Å². The molecule has 0 amide bonds. The average Bonchev–Trinajstić information content (AvgIpc) is 3.12. The van der Waals surface area contributed by atoms with Crippen LogP contribution in [0.1, 0.15) is 31.7 Å². The number of nitrogens with one attached hydrogen (secondary N) is 3. The molecule has 2 aromatic heterocycles. The summed E-state index contributed by atoms with van der Waals surface area (Å²) in [5, 5.41) is 24.5. The van der Waals surface area contributed by atoms with Gasteiger partial charge in [0.2, 0.25) is 11.9 Å². The number of piperidine rings is 1. The van der Waals surface area contributed by atoms with Gasteiger partial charge in [0.05, 0.1) is 12.3 Å². The highest BCUT2D eigenvalue weighted by Crippen LogP contribution is 2.24. The second kappa shape index (κ2) is 8.22. The molecule has 29 heavy (non-hydrogen) atoms. The van der Waals surface area contributed by atoms with Crippen LogP contribution in [-0.2, 0) is 0 Å². The molecule has 9 heteroatoms. The fraction of sp³-hybridized carbons (Fsp3) is 0.450. The summed E-state index contributed by atoms with van der Waals surface area (Å²) in [6.45, 7) is 6.37. The highest BCUT2D eigenvalue weighted by molar-refractivity contribution is 5.63. The van der Waals surface area contributed by atoms with Crippen LogP contribution in [0.3, 0.4) is 0 Å². The van der Waals surface area contributed by atoms with Crippen LogP contribution < -0.4 is 21.7 Å². The van der Waals surface area contributed by atoms with Crippen molar-refractivity contribution in [2.75, 3.05) is 36.0 Å². The maximum atomic E-state index is 10.2. The molecule has 1 aromatic carbocycles. The molecule has 0 saturated carbocycles. The largest absolute Gasteiger partial charge is 0.399 e. The van der Waals surface area contributed by atoms with Crippen molar-refractivity contribution in [3.8, 4) is 0 Å². The predicted octanol–water partition coefficient (Wildman–Crippen LogP) is 1.96. The number of hydrogen-bond donors (Lipinski definition) is 5. The molecule has 2 atom stereocenters. The average molecular weight is 396 g/mol. The third-order valence-corrected chi connectivity index (χ3v) is 5.27. The fourth-order valence-electron chi connectivity index (χ4n) is 3.56. The Labute approximate surface area is 169 Å². The monoisotopic (exact) mass is 396 g/mol. The SMILES string of the molecule is CC(C)c1cnn2c(Nc3cccc(N)c3)nc(NC[C@H]3CCNC[C@@H]3O)nc12. The van der Waals surface area contributed by atoms with Crippen molar-refractivity contribution in [2.24, 2.45) is 5.92 Å². The van der Waals surface area contributed by atoms with Gasteiger partial charge in [0.25, 0.3) is 0 Å². The zero-order valence-corrected chi connectivity index (χ0v) is 16.8. The molecule has 4 rings (SSSR count). The Morgan fingerprint density at radius 1 is 1.34 bits per heavy atom. The molecule has 0 aliphatic carbocycles. The Balaban J connectivity index is 1.65. The zero-order valence-electron chi connectivity index (χ0n) is 16.8. The van der Waals surface area contributed by atoms with E-state index in [2.05, 4.69) is 39.9 Å². The molecule has 3 heterocycles. The molecule has 9 nitrogen and oxygen atoms in total. The van der Waals surface area contributed by atoms with Gasteiger partial charge < -0.3 is 26.8 Å². The number of rotatable bonds is 6. The summed E-state index contributed by atoms with van der Waals surface area (Å²) < 4.78 is 1.71. The summed E-state index contributed by atoms with van der Waals surface area (Å²) in [4.78, 5) is 9.34. The molecule has 1 aliphatic heterocycles. The lowest BCUT2D eigenvalue weighted by molar-refractivity contribution is 0.0883. The van der Waals surface area contributed by atoms with E-state index in [0.717, 1.165) is 29.9 Å². The molecule has 0 spiro atoms. The van der Waals surface area contributed by atoms with Crippen molar-refractivity contribution in [3.63, 3.8) is 0 Å². The number of fused-ring (bicyclic) bond motifs is 1. The summed E-state index contributed by atoms with van der Waals surface area (Å²) >= 11 is 0. The van der Waals surface area contributed by atoms with Crippen LogP contribution in [0.15, 0.2) is 30.5 Å². The topological polar surface area (TPSA) is 125 Å². The molecule has 1 saturated heterocycles. The van der Waals surface area contributed by atoms with E-state index in [1.54, 1.807) is 4.52 Å². The minimum Gasteiger partial charge on any atom is -0.399 e. The molecule has 6 N–H and O–H groups in total. The van der Waals surface area contributed by atoms with E-state index in [1.165, 1.54) is 0 Å². The first kappa shape index (κ1) is 19.4. The molecule has 1 aliphatic rings. The Hall–Kier alpha value is -2.91. The van der Waals surface area contributed by atoms with E-state index >= 15 is 0 Å². The number of aromatic nitrogens is 4. The van der Waals surface area contributed by atoms with Crippen LogP contribution in [0.4, 0.5) is 23.3 Å². The van der Waals surface area contributed by atoms with Gasteiger partial charge in [-0.3, -0.25) is 0 Å². The van der Waals surface area contributed by atoms with Gasteiger partial charge in [-0.1, -0.05) is 19.9 Å². The van der Waals surface area contributed by atoms with E-state index < -0.39 is 0 Å². The molecule has 0 radical (unpaired) electrons. The van der Waals surface area contributed by atoms with Gasteiger partial charge in [0.15, 0.2) is 5.65 Å². The van der Waals surface area contributed by atoms with Crippen molar-refractivity contribution in [3.05, 3.63) is 36.0 Å². The van der Waals surface area contributed by atoms with Gasteiger partial charge in [-0.25, -0.2) is 0 Å². The van der Waals surface area contributed by atoms with Gasteiger partial charge >= 0.3 is 0 Å². The third-order valence-electron chi connectivity index (χ3n) is 5.27. The lowest BCUT2D eigenvalue weighted by Gasteiger charge is -2.28. The number of benzene rings is 1. The smallest absolute Gasteiger partial charge is 0.233 e. The van der Waals surface area contributed by atoms with Crippen LogP contribution in [0.25, 0.3) is 5.65 Å². The predicted molar refractivity (Wildman–Crippen MR) is 114 cm³/mol. The first-order valence-electron chi connectivity index (χ1n) is 10.0. The van der Waals surface area contributed by atoms with E-state index in [0.29, 0.717) is 30.7 Å². The second-order valence-corrected chi connectivity index (χ2v) is 7.81. The minimum absolute atomic E-state index is 0.163. The molecular weight excluding hydrogens is 368 g/mol. The van der Waals surface area contributed by atoms with E-state index in [4.69, 9.17) is 10.7 Å². The third kappa shape index (κ3) is 4.25. The number of aliphatic hydroxyl groups excluding tert-OH is 1. The van der Waals surface area contributed by atoms with Crippen molar-refractivity contribution in [1.29, 1.82) is 0 Å². The Bertz CT molecular complexity index is 986. The van der Waals surface area contributed by atoms with Crippen molar-refractivity contribution < 1.29 is 5.11 Å². The van der Waals surface area contributed by atoms with Gasteiger partial charge in [0.1, 0.15) is 0 Å². The van der Waals surface area contributed by atoms with Crippen LogP contribution in [-0.4, -0.2) is 50.4 Å². The maximum Gasteiger partial charge on any atom is 0.233 e. The van der Waals surface area contributed by atoms with Crippen LogP contribution in [0, 0.1) is 5.92 Å². The Morgan fingerprint density at radius 3 is 2.97 bits per heavy atom. The lowest BCUT2D eigenvalue weighted by Crippen LogP contribution is -2.43. The minimum atomic E-state index is -0.369. The van der Waals surface area contributed by atoms with E-state index in [1.807, 2.05) is 30.5 Å². The number of nitrogens with zero attached hydrogens (tertiary/aromatic N) is 4. The first-order valence-corrected chi connectivity index (χ1v) is 10.0. The van der Waals surface area contributed by atoms with E-state index in [-0.39, 0.29) is 17.9 Å². The summed E-state index contributed by atoms with van der Waals surface area (Å²) in [6, 6.07) is 7.49. The molecule has 154 valence electrons. The van der Waals surface area contributed by atoms with Crippen molar-refractivity contribution in [1.82, 2.24) is 24.9 Å². The van der Waals surface area contributed by atoms with Crippen molar-refractivity contribution >= 4 is 28.9 Å². The highest BCUT2D eigenvalue weighted by Gasteiger charge is 2.23. The first-order chi connectivity index (χ1) is 14.0. The maximum absolute atomic E-state index is 10.2. The second-order valence-electron chi connectivity index (χ2n) is 7.81. The summed E-state index contributed by atoms with van der Waals surface area (Å²) in [6.07, 6.45) is 2.37. The Kier molecular flexibility index (Phi) is 5.50. The van der Waals surface area contributed by atoms with E-state index in [9.17, 15) is 5.11 Å². The van der Waals surface area contributed by atoms with Gasteiger partial charge in [0, 0.05) is 35.9 Å². The standard InChI is InChI=1S/C20H28N8O/c1-12(2)16-10-24-28-18(16)26-19(23-9-13-6-7-22-11-17(13)29)27-20(28)25-15-5-3-4-14(21)8-15/h3-5,8,10,12-13,17,22,29H,6-7,9,11,21H2,1-2H3,(H2,23,25,26,27)/t13-,17+/m1/s1. The number of β-amino-alcohol motifs (C(OH)–C–C–N with tert-alkyl or cyclic N) is 1. The highest BCUT2D eigenvalue weighted by atomic mass is 16.3.